The standard InChI is InChI=1S/C15H14BrNO2S/c1-9-7-10(2)17-14(13(9)15(18)19)20-8-11-5-3-4-6-12(11)16/h3-7H,8H2,1-2H3,(H,18,19). The van der Waals surface area contributed by atoms with Crippen LogP contribution >= 0.6 is 27.7 Å². The highest BCUT2D eigenvalue weighted by atomic mass is 79.9. The van der Waals surface area contributed by atoms with Gasteiger partial charge in [-0.15, -0.1) is 11.8 Å². The van der Waals surface area contributed by atoms with Crippen molar-refractivity contribution < 1.29 is 9.90 Å². The Morgan fingerprint density at radius 2 is 2.05 bits per heavy atom. The summed E-state index contributed by atoms with van der Waals surface area (Å²) in [6, 6.07) is 9.71. The van der Waals surface area contributed by atoms with Crippen LogP contribution < -0.4 is 0 Å². The summed E-state index contributed by atoms with van der Waals surface area (Å²) in [5.74, 6) is -0.248. The van der Waals surface area contributed by atoms with Gasteiger partial charge < -0.3 is 5.11 Å². The van der Waals surface area contributed by atoms with Crippen LogP contribution in [0.5, 0.6) is 0 Å². The van der Waals surface area contributed by atoms with E-state index in [2.05, 4.69) is 20.9 Å². The molecular weight excluding hydrogens is 338 g/mol. The number of hydrogen-bond acceptors (Lipinski definition) is 3. The van der Waals surface area contributed by atoms with Crippen molar-refractivity contribution in [2.45, 2.75) is 24.6 Å². The van der Waals surface area contributed by atoms with E-state index in [9.17, 15) is 9.90 Å². The summed E-state index contributed by atoms with van der Waals surface area (Å²) in [6.45, 7) is 3.68. The summed E-state index contributed by atoms with van der Waals surface area (Å²) in [5, 5.41) is 9.90. The Bertz CT molecular complexity index is 658. The van der Waals surface area contributed by atoms with Gasteiger partial charge in [-0.05, 0) is 37.1 Å². The maximum Gasteiger partial charge on any atom is 0.338 e. The number of nitrogens with zero attached hydrogens (tertiary/aromatic N) is 1. The van der Waals surface area contributed by atoms with Crippen molar-refractivity contribution in [3.8, 4) is 0 Å². The van der Waals surface area contributed by atoms with E-state index in [1.807, 2.05) is 31.2 Å². The zero-order chi connectivity index (χ0) is 14.7. The predicted octanol–water partition coefficient (Wildman–Crippen LogP) is 4.45. The molecule has 0 amide bonds. The lowest BCUT2D eigenvalue weighted by Gasteiger charge is -2.10. The van der Waals surface area contributed by atoms with E-state index < -0.39 is 5.97 Å². The molecule has 0 aliphatic carbocycles. The molecule has 104 valence electrons. The fourth-order valence-corrected chi connectivity index (χ4v) is 3.68. The minimum Gasteiger partial charge on any atom is -0.478 e. The number of rotatable bonds is 4. The number of benzene rings is 1. The zero-order valence-electron chi connectivity index (χ0n) is 11.2. The van der Waals surface area contributed by atoms with Gasteiger partial charge in [0.05, 0.1) is 5.56 Å². The molecule has 2 rings (SSSR count). The summed E-state index contributed by atoms with van der Waals surface area (Å²) in [5.41, 5.74) is 3.00. The molecular formula is C15H14BrNO2S. The zero-order valence-corrected chi connectivity index (χ0v) is 13.6. The first kappa shape index (κ1) is 15.1. The monoisotopic (exact) mass is 351 g/mol. The van der Waals surface area contributed by atoms with Crippen molar-refractivity contribution in [2.24, 2.45) is 0 Å². The van der Waals surface area contributed by atoms with Crippen molar-refractivity contribution in [3.05, 3.63) is 57.2 Å². The quantitative estimate of drug-likeness (QED) is 0.826. The lowest BCUT2D eigenvalue weighted by Crippen LogP contribution is -2.05. The minimum atomic E-state index is -0.926. The van der Waals surface area contributed by atoms with Gasteiger partial charge in [0, 0.05) is 15.9 Å². The molecule has 0 fully saturated rings. The van der Waals surface area contributed by atoms with Gasteiger partial charge in [0.2, 0.25) is 0 Å². The van der Waals surface area contributed by atoms with Gasteiger partial charge in [0.1, 0.15) is 5.03 Å². The van der Waals surface area contributed by atoms with Crippen LogP contribution in [0.2, 0.25) is 0 Å². The van der Waals surface area contributed by atoms with Crippen molar-refractivity contribution >= 4 is 33.7 Å². The number of halogens is 1. The molecule has 0 bridgehead atoms. The number of carboxylic acids is 1. The third kappa shape index (κ3) is 3.41. The van der Waals surface area contributed by atoms with Crippen LogP contribution in [0, 0.1) is 13.8 Å². The number of carbonyl (C=O) groups is 1. The number of aromatic carboxylic acids is 1. The topological polar surface area (TPSA) is 50.2 Å². The van der Waals surface area contributed by atoms with E-state index in [0.29, 0.717) is 16.3 Å². The Morgan fingerprint density at radius 3 is 2.70 bits per heavy atom. The molecule has 3 nitrogen and oxygen atoms in total. The van der Waals surface area contributed by atoms with Gasteiger partial charge in [-0.25, -0.2) is 9.78 Å². The molecule has 1 N–H and O–H groups in total. The van der Waals surface area contributed by atoms with Crippen LogP contribution in [0.15, 0.2) is 39.8 Å². The highest BCUT2D eigenvalue weighted by molar-refractivity contribution is 9.10. The number of carboxylic acid groups (broad SMARTS) is 1. The fraction of sp³-hybridized carbons (Fsp3) is 0.200. The van der Waals surface area contributed by atoms with E-state index in [1.54, 1.807) is 13.0 Å². The summed E-state index contributed by atoms with van der Waals surface area (Å²) >= 11 is 4.95. The summed E-state index contributed by atoms with van der Waals surface area (Å²) in [6.07, 6.45) is 0. The van der Waals surface area contributed by atoms with Crippen LogP contribution in [0.4, 0.5) is 0 Å². The summed E-state index contributed by atoms with van der Waals surface area (Å²) in [4.78, 5) is 15.7. The number of thioether (sulfide) groups is 1. The minimum absolute atomic E-state index is 0.299. The van der Waals surface area contributed by atoms with Gasteiger partial charge in [-0.3, -0.25) is 0 Å². The van der Waals surface area contributed by atoms with Gasteiger partial charge in [0.25, 0.3) is 0 Å². The molecule has 0 spiro atoms. The van der Waals surface area contributed by atoms with Gasteiger partial charge in [-0.2, -0.15) is 0 Å². The third-order valence-electron chi connectivity index (χ3n) is 2.85. The first-order chi connectivity index (χ1) is 9.49. The molecule has 20 heavy (non-hydrogen) atoms. The second-order valence-corrected chi connectivity index (χ2v) is 6.26. The largest absolute Gasteiger partial charge is 0.478 e. The molecule has 0 atom stereocenters. The van der Waals surface area contributed by atoms with Crippen molar-refractivity contribution in [1.29, 1.82) is 0 Å². The second kappa shape index (κ2) is 6.41. The van der Waals surface area contributed by atoms with Crippen LogP contribution in [0.1, 0.15) is 27.2 Å². The number of aromatic nitrogens is 1. The van der Waals surface area contributed by atoms with Crippen molar-refractivity contribution in [1.82, 2.24) is 4.98 Å². The van der Waals surface area contributed by atoms with Crippen LogP contribution in [-0.4, -0.2) is 16.1 Å². The molecule has 0 aliphatic rings. The number of hydrogen-bond donors (Lipinski definition) is 1. The van der Waals surface area contributed by atoms with Gasteiger partial charge >= 0.3 is 5.97 Å². The maximum absolute atomic E-state index is 11.4. The molecule has 1 aromatic heterocycles. The fourth-order valence-electron chi connectivity index (χ4n) is 1.93. The highest BCUT2D eigenvalue weighted by Crippen LogP contribution is 2.29. The molecule has 0 saturated heterocycles. The summed E-state index contributed by atoms with van der Waals surface area (Å²) in [7, 11) is 0. The smallest absolute Gasteiger partial charge is 0.338 e. The highest BCUT2D eigenvalue weighted by Gasteiger charge is 2.16. The summed E-state index contributed by atoms with van der Waals surface area (Å²) < 4.78 is 1.02. The van der Waals surface area contributed by atoms with Crippen LogP contribution in [-0.2, 0) is 5.75 Å². The molecule has 2 aromatic rings. The lowest BCUT2D eigenvalue weighted by molar-refractivity contribution is 0.0691. The van der Waals surface area contributed by atoms with Crippen molar-refractivity contribution in [2.75, 3.05) is 0 Å². The second-order valence-electron chi connectivity index (χ2n) is 4.45. The maximum atomic E-state index is 11.4. The van der Waals surface area contributed by atoms with Gasteiger partial charge in [0.15, 0.2) is 0 Å². The third-order valence-corrected chi connectivity index (χ3v) is 4.65. The normalized spacial score (nSPS) is 10.6. The molecule has 0 radical (unpaired) electrons. The Kier molecular flexibility index (Phi) is 4.83. The Morgan fingerprint density at radius 1 is 1.35 bits per heavy atom. The first-order valence-electron chi connectivity index (χ1n) is 6.06. The molecule has 0 saturated carbocycles. The average Bonchev–Trinajstić information content (AvgIpc) is 2.36. The van der Waals surface area contributed by atoms with E-state index in [-0.39, 0.29) is 0 Å². The molecule has 5 heteroatoms. The Labute approximate surface area is 130 Å². The van der Waals surface area contributed by atoms with E-state index in [4.69, 9.17) is 0 Å². The van der Waals surface area contributed by atoms with Gasteiger partial charge in [-0.1, -0.05) is 34.1 Å². The van der Waals surface area contributed by atoms with Crippen LogP contribution in [0.3, 0.4) is 0 Å². The lowest BCUT2D eigenvalue weighted by atomic mass is 10.1. The van der Waals surface area contributed by atoms with Crippen molar-refractivity contribution in [3.63, 3.8) is 0 Å². The number of aryl methyl sites for hydroxylation is 2. The average molecular weight is 352 g/mol. The first-order valence-corrected chi connectivity index (χ1v) is 7.84. The van der Waals surface area contributed by atoms with E-state index in [0.717, 1.165) is 21.3 Å². The number of pyridine rings is 1. The van der Waals surface area contributed by atoms with E-state index in [1.165, 1.54) is 11.8 Å². The van der Waals surface area contributed by atoms with E-state index >= 15 is 0 Å². The predicted molar refractivity (Wildman–Crippen MR) is 84.4 cm³/mol. The molecule has 0 unspecified atom stereocenters. The SMILES string of the molecule is Cc1cc(C)c(C(=O)O)c(SCc2ccccc2Br)n1. The molecule has 1 heterocycles. The Hall–Kier alpha value is -1.33. The van der Waals surface area contributed by atoms with Crippen LogP contribution in [0.25, 0.3) is 0 Å². The molecule has 0 aliphatic heterocycles. The molecule has 1 aromatic carbocycles. The Balaban J connectivity index is 2.30.